The standard InChI is InChI=1S/C15H18FN5S.HI/c16-13-3-1-12(2-4-13)11-19-14(17)20-6-8-21(9-7-20)15-18-5-10-22-15;/h1-5,10H,6-9,11H2,(H2,17,19);1H. The first-order valence-corrected chi connectivity index (χ1v) is 8.04. The Morgan fingerprint density at radius 1 is 1.22 bits per heavy atom. The number of nitrogens with zero attached hydrogens (tertiary/aromatic N) is 4. The normalized spacial score (nSPS) is 15.4. The largest absolute Gasteiger partial charge is 0.370 e. The van der Waals surface area contributed by atoms with E-state index in [0.717, 1.165) is 36.9 Å². The molecule has 1 aliphatic rings. The maximum Gasteiger partial charge on any atom is 0.191 e. The van der Waals surface area contributed by atoms with E-state index in [1.165, 1.54) is 12.1 Å². The van der Waals surface area contributed by atoms with E-state index in [1.807, 2.05) is 11.6 Å². The van der Waals surface area contributed by atoms with Crippen LogP contribution in [0.5, 0.6) is 0 Å². The van der Waals surface area contributed by atoms with Gasteiger partial charge in [0, 0.05) is 37.8 Å². The van der Waals surface area contributed by atoms with Crippen molar-refractivity contribution < 1.29 is 4.39 Å². The van der Waals surface area contributed by atoms with Crippen LogP contribution in [0, 0.1) is 5.82 Å². The minimum Gasteiger partial charge on any atom is -0.370 e. The Balaban J connectivity index is 0.00000192. The summed E-state index contributed by atoms with van der Waals surface area (Å²) in [5.74, 6) is 0.308. The molecule has 23 heavy (non-hydrogen) atoms. The Bertz CT molecular complexity index is 624. The molecule has 124 valence electrons. The highest BCUT2D eigenvalue weighted by atomic mass is 127. The molecule has 0 radical (unpaired) electrons. The number of thiazole rings is 1. The van der Waals surface area contributed by atoms with Crippen molar-refractivity contribution in [3.05, 3.63) is 47.2 Å². The first kappa shape index (κ1) is 17.9. The van der Waals surface area contributed by atoms with Crippen LogP contribution in [0.4, 0.5) is 9.52 Å². The van der Waals surface area contributed by atoms with Gasteiger partial charge in [0.05, 0.1) is 6.54 Å². The van der Waals surface area contributed by atoms with Crippen LogP contribution in [-0.2, 0) is 6.54 Å². The third kappa shape index (κ3) is 4.77. The van der Waals surface area contributed by atoms with E-state index in [9.17, 15) is 4.39 Å². The topological polar surface area (TPSA) is 57.8 Å². The summed E-state index contributed by atoms with van der Waals surface area (Å²) in [5, 5.41) is 3.04. The number of rotatable bonds is 3. The van der Waals surface area contributed by atoms with E-state index in [1.54, 1.807) is 23.5 Å². The van der Waals surface area contributed by atoms with Gasteiger partial charge in [-0.2, -0.15) is 0 Å². The molecular weight excluding hydrogens is 428 g/mol. The fourth-order valence-electron chi connectivity index (χ4n) is 2.36. The Kier molecular flexibility index (Phi) is 6.58. The van der Waals surface area contributed by atoms with Crippen LogP contribution in [0.2, 0.25) is 0 Å². The van der Waals surface area contributed by atoms with Crippen LogP contribution in [0.15, 0.2) is 40.8 Å². The minimum atomic E-state index is -0.237. The van der Waals surface area contributed by atoms with Gasteiger partial charge in [-0.05, 0) is 17.7 Å². The number of piperazine rings is 1. The van der Waals surface area contributed by atoms with Gasteiger partial charge in [0.2, 0.25) is 0 Å². The van der Waals surface area contributed by atoms with E-state index < -0.39 is 0 Å². The van der Waals surface area contributed by atoms with Gasteiger partial charge < -0.3 is 15.5 Å². The lowest BCUT2D eigenvalue weighted by atomic mass is 10.2. The molecule has 2 heterocycles. The number of nitrogens with two attached hydrogens (primary N) is 1. The molecule has 0 atom stereocenters. The van der Waals surface area contributed by atoms with E-state index in [0.29, 0.717) is 12.5 Å². The summed E-state index contributed by atoms with van der Waals surface area (Å²) in [6.07, 6.45) is 1.82. The number of hydrogen-bond acceptors (Lipinski definition) is 4. The van der Waals surface area contributed by atoms with Crippen LogP contribution >= 0.6 is 35.3 Å². The fraction of sp³-hybridized carbons (Fsp3) is 0.333. The molecule has 5 nitrogen and oxygen atoms in total. The number of anilines is 1. The number of aliphatic imine (C=N–C) groups is 1. The molecule has 0 unspecified atom stereocenters. The summed E-state index contributed by atoms with van der Waals surface area (Å²) >= 11 is 1.65. The maximum absolute atomic E-state index is 12.9. The summed E-state index contributed by atoms with van der Waals surface area (Å²) in [7, 11) is 0. The molecule has 2 N–H and O–H groups in total. The second-order valence-electron chi connectivity index (χ2n) is 5.09. The predicted molar refractivity (Wildman–Crippen MR) is 103 cm³/mol. The molecule has 0 amide bonds. The quantitative estimate of drug-likeness (QED) is 0.447. The second-order valence-corrected chi connectivity index (χ2v) is 5.96. The average molecular weight is 447 g/mol. The minimum absolute atomic E-state index is 0. The van der Waals surface area contributed by atoms with E-state index in [4.69, 9.17) is 5.73 Å². The molecule has 0 aliphatic carbocycles. The lowest BCUT2D eigenvalue weighted by molar-refractivity contribution is 0.380. The molecule has 1 fully saturated rings. The number of guanidine groups is 1. The van der Waals surface area contributed by atoms with Gasteiger partial charge in [0.1, 0.15) is 5.82 Å². The fourth-order valence-corrected chi connectivity index (χ4v) is 3.06. The Labute approximate surface area is 156 Å². The Hall–Kier alpha value is -1.42. The average Bonchev–Trinajstić information content (AvgIpc) is 3.09. The molecular formula is C15H19FIN5S. The first-order valence-electron chi connectivity index (χ1n) is 7.16. The zero-order chi connectivity index (χ0) is 15.4. The van der Waals surface area contributed by atoms with Crippen LogP contribution in [0.25, 0.3) is 0 Å². The maximum atomic E-state index is 12.9. The number of aromatic nitrogens is 1. The SMILES string of the molecule is I.NC(=NCc1ccc(F)cc1)N1CCN(c2nccs2)CC1. The van der Waals surface area contributed by atoms with Gasteiger partial charge in [-0.15, -0.1) is 35.3 Å². The van der Waals surface area contributed by atoms with E-state index in [2.05, 4.69) is 19.8 Å². The molecule has 1 aliphatic heterocycles. The van der Waals surface area contributed by atoms with Gasteiger partial charge in [-0.3, -0.25) is 0 Å². The molecule has 0 bridgehead atoms. The number of hydrogen-bond donors (Lipinski definition) is 1. The predicted octanol–water partition coefficient (Wildman–Crippen LogP) is 2.54. The van der Waals surface area contributed by atoms with Crippen LogP contribution in [-0.4, -0.2) is 42.0 Å². The summed E-state index contributed by atoms with van der Waals surface area (Å²) in [4.78, 5) is 13.1. The first-order chi connectivity index (χ1) is 10.7. The van der Waals surface area contributed by atoms with Crippen molar-refractivity contribution in [1.29, 1.82) is 0 Å². The summed E-state index contributed by atoms with van der Waals surface area (Å²) < 4.78 is 12.9. The monoisotopic (exact) mass is 447 g/mol. The van der Waals surface area contributed by atoms with Crippen LogP contribution in [0.1, 0.15) is 5.56 Å². The summed E-state index contributed by atoms with van der Waals surface area (Å²) in [6.45, 7) is 3.91. The molecule has 0 spiro atoms. The zero-order valence-corrected chi connectivity index (χ0v) is 15.7. The summed E-state index contributed by atoms with van der Waals surface area (Å²) in [5.41, 5.74) is 7.01. The van der Waals surface area contributed by atoms with Crippen LogP contribution < -0.4 is 10.6 Å². The molecule has 0 saturated carbocycles. The zero-order valence-electron chi connectivity index (χ0n) is 12.6. The van der Waals surface area contributed by atoms with Gasteiger partial charge in [0.15, 0.2) is 11.1 Å². The van der Waals surface area contributed by atoms with Crippen molar-refractivity contribution in [3.8, 4) is 0 Å². The van der Waals surface area contributed by atoms with Crippen LogP contribution in [0.3, 0.4) is 0 Å². The lowest BCUT2D eigenvalue weighted by Crippen LogP contribution is -2.51. The molecule has 1 saturated heterocycles. The van der Waals surface area contributed by atoms with Crippen molar-refractivity contribution in [1.82, 2.24) is 9.88 Å². The molecule has 1 aromatic heterocycles. The van der Waals surface area contributed by atoms with E-state index in [-0.39, 0.29) is 29.8 Å². The number of halogens is 2. The van der Waals surface area contributed by atoms with Crippen molar-refractivity contribution in [2.75, 3.05) is 31.1 Å². The molecule has 2 aromatic rings. The smallest absolute Gasteiger partial charge is 0.191 e. The van der Waals surface area contributed by atoms with Gasteiger partial charge in [-0.1, -0.05) is 12.1 Å². The van der Waals surface area contributed by atoms with Gasteiger partial charge in [0.25, 0.3) is 0 Å². The van der Waals surface area contributed by atoms with Crippen molar-refractivity contribution in [2.45, 2.75) is 6.54 Å². The highest BCUT2D eigenvalue weighted by Crippen LogP contribution is 2.18. The van der Waals surface area contributed by atoms with Crippen molar-refractivity contribution >= 4 is 46.4 Å². The van der Waals surface area contributed by atoms with Crippen molar-refractivity contribution in [3.63, 3.8) is 0 Å². The third-order valence-corrected chi connectivity index (χ3v) is 4.46. The summed E-state index contributed by atoms with van der Waals surface area (Å²) in [6, 6.07) is 6.33. The van der Waals surface area contributed by atoms with Crippen molar-refractivity contribution in [2.24, 2.45) is 10.7 Å². The molecule has 8 heteroatoms. The molecule has 3 rings (SSSR count). The second kappa shape index (κ2) is 8.44. The highest BCUT2D eigenvalue weighted by Gasteiger charge is 2.19. The number of benzene rings is 1. The third-order valence-electron chi connectivity index (χ3n) is 3.63. The van der Waals surface area contributed by atoms with Gasteiger partial charge in [-0.25, -0.2) is 14.4 Å². The Morgan fingerprint density at radius 2 is 1.91 bits per heavy atom. The highest BCUT2D eigenvalue weighted by molar-refractivity contribution is 14.0. The molecule has 1 aromatic carbocycles. The Morgan fingerprint density at radius 3 is 2.52 bits per heavy atom. The van der Waals surface area contributed by atoms with E-state index >= 15 is 0 Å². The van der Waals surface area contributed by atoms with Gasteiger partial charge >= 0.3 is 0 Å². The lowest BCUT2D eigenvalue weighted by Gasteiger charge is -2.35.